The van der Waals surface area contributed by atoms with Crippen molar-refractivity contribution in [2.24, 2.45) is 0 Å². The minimum absolute atomic E-state index is 0.186. The first-order valence-electron chi connectivity index (χ1n) is 4.48. The number of nitrogen functional groups attached to an aromatic ring is 1. The van der Waals surface area contributed by atoms with Crippen LogP contribution in [0.5, 0.6) is 11.5 Å². The highest BCUT2D eigenvalue weighted by atomic mass is 19.2. The van der Waals surface area contributed by atoms with Crippen LogP contribution in [0.1, 0.15) is 0 Å². The topological polar surface area (TPSA) is 48.1 Å². The summed E-state index contributed by atoms with van der Waals surface area (Å²) in [5.41, 5.74) is 5.92. The minimum Gasteiger partial charge on any atom is -0.456 e. The van der Waals surface area contributed by atoms with Gasteiger partial charge in [0.1, 0.15) is 11.5 Å². The van der Waals surface area contributed by atoms with E-state index in [1.807, 2.05) is 0 Å². The molecule has 3 nitrogen and oxygen atoms in total. The lowest BCUT2D eigenvalue weighted by molar-refractivity contribution is 0.460. The normalized spacial score (nSPS) is 10.1. The molecule has 0 spiro atoms. The van der Waals surface area contributed by atoms with Crippen LogP contribution in [0.4, 0.5) is 14.5 Å². The molecule has 82 valence electrons. The van der Waals surface area contributed by atoms with Gasteiger partial charge in [-0.25, -0.2) is 8.78 Å². The van der Waals surface area contributed by atoms with Gasteiger partial charge in [-0.1, -0.05) is 0 Å². The van der Waals surface area contributed by atoms with Gasteiger partial charge >= 0.3 is 0 Å². The summed E-state index contributed by atoms with van der Waals surface area (Å²) in [7, 11) is 0. The van der Waals surface area contributed by atoms with E-state index in [9.17, 15) is 8.78 Å². The zero-order chi connectivity index (χ0) is 11.5. The molecule has 1 heterocycles. The number of rotatable bonds is 2. The summed E-state index contributed by atoms with van der Waals surface area (Å²) < 4.78 is 30.8. The van der Waals surface area contributed by atoms with Gasteiger partial charge in [0.05, 0.1) is 18.1 Å². The summed E-state index contributed by atoms with van der Waals surface area (Å²) in [6.45, 7) is 0. The zero-order valence-electron chi connectivity index (χ0n) is 8.15. The molecule has 0 unspecified atom stereocenters. The lowest BCUT2D eigenvalue weighted by Gasteiger charge is -2.05. The summed E-state index contributed by atoms with van der Waals surface area (Å²) in [6.07, 6.45) is 2.88. The summed E-state index contributed by atoms with van der Waals surface area (Å²) in [5.74, 6) is -1.33. The lowest BCUT2D eigenvalue weighted by atomic mass is 10.3. The maximum Gasteiger partial charge on any atom is 0.162 e. The molecule has 0 aliphatic carbocycles. The molecule has 2 aromatic rings. The maximum atomic E-state index is 12.9. The molecule has 5 heteroatoms. The Kier molecular flexibility index (Phi) is 2.68. The highest BCUT2D eigenvalue weighted by Crippen LogP contribution is 2.23. The predicted octanol–water partition coefficient (Wildman–Crippen LogP) is 2.73. The van der Waals surface area contributed by atoms with E-state index in [4.69, 9.17) is 10.5 Å². The number of pyridine rings is 1. The SMILES string of the molecule is Nc1cncc(Oc2ccc(F)c(F)c2)c1. The third-order valence-electron chi connectivity index (χ3n) is 1.86. The standard InChI is InChI=1S/C11H8F2N2O/c12-10-2-1-8(4-11(10)13)16-9-3-7(14)5-15-6-9/h1-6H,14H2. The fraction of sp³-hybridized carbons (Fsp3) is 0. The highest BCUT2D eigenvalue weighted by Gasteiger charge is 2.04. The van der Waals surface area contributed by atoms with Crippen molar-refractivity contribution in [3.05, 3.63) is 48.3 Å². The zero-order valence-corrected chi connectivity index (χ0v) is 8.15. The summed E-state index contributed by atoms with van der Waals surface area (Å²) in [5, 5.41) is 0. The largest absolute Gasteiger partial charge is 0.456 e. The number of hydrogen-bond acceptors (Lipinski definition) is 3. The van der Waals surface area contributed by atoms with E-state index in [-0.39, 0.29) is 5.75 Å². The maximum absolute atomic E-state index is 12.9. The Labute approximate surface area is 90.5 Å². The van der Waals surface area contributed by atoms with Crippen molar-refractivity contribution in [3.8, 4) is 11.5 Å². The molecule has 2 rings (SSSR count). The first kappa shape index (κ1) is 10.4. The second-order valence-corrected chi connectivity index (χ2v) is 3.13. The van der Waals surface area contributed by atoms with Crippen LogP contribution in [0.2, 0.25) is 0 Å². The Morgan fingerprint density at radius 3 is 2.50 bits per heavy atom. The van der Waals surface area contributed by atoms with Crippen LogP contribution >= 0.6 is 0 Å². The van der Waals surface area contributed by atoms with Crippen molar-refractivity contribution < 1.29 is 13.5 Å². The molecule has 0 fully saturated rings. The van der Waals surface area contributed by atoms with E-state index in [2.05, 4.69) is 4.98 Å². The Morgan fingerprint density at radius 2 is 1.81 bits per heavy atom. The number of hydrogen-bond donors (Lipinski definition) is 1. The van der Waals surface area contributed by atoms with Crippen LogP contribution in [-0.4, -0.2) is 4.98 Å². The van der Waals surface area contributed by atoms with Crippen LogP contribution in [0.15, 0.2) is 36.7 Å². The highest BCUT2D eigenvalue weighted by molar-refractivity contribution is 5.41. The molecule has 0 amide bonds. The Bertz CT molecular complexity index is 517. The van der Waals surface area contributed by atoms with E-state index in [0.29, 0.717) is 11.4 Å². The predicted molar refractivity (Wildman–Crippen MR) is 55.1 cm³/mol. The fourth-order valence-electron chi connectivity index (χ4n) is 1.17. The average Bonchev–Trinajstić information content (AvgIpc) is 2.24. The molecular formula is C11H8F2N2O. The van der Waals surface area contributed by atoms with Gasteiger partial charge in [-0.05, 0) is 12.1 Å². The lowest BCUT2D eigenvalue weighted by Crippen LogP contribution is -1.91. The molecule has 0 radical (unpaired) electrons. The molecule has 1 aromatic carbocycles. The summed E-state index contributed by atoms with van der Waals surface area (Å²) in [4.78, 5) is 3.80. The average molecular weight is 222 g/mol. The van der Waals surface area contributed by atoms with Gasteiger partial charge in [-0.2, -0.15) is 0 Å². The van der Waals surface area contributed by atoms with E-state index >= 15 is 0 Å². The number of benzene rings is 1. The third-order valence-corrected chi connectivity index (χ3v) is 1.86. The number of anilines is 1. The van der Waals surface area contributed by atoms with E-state index in [1.54, 1.807) is 0 Å². The van der Waals surface area contributed by atoms with Crippen molar-refractivity contribution in [3.63, 3.8) is 0 Å². The van der Waals surface area contributed by atoms with Crippen LogP contribution in [0.25, 0.3) is 0 Å². The molecular weight excluding hydrogens is 214 g/mol. The van der Waals surface area contributed by atoms with E-state index in [0.717, 1.165) is 12.1 Å². The van der Waals surface area contributed by atoms with Crippen LogP contribution in [0.3, 0.4) is 0 Å². The number of ether oxygens (including phenoxy) is 1. The van der Waals surface area contributed by atoms with Gasteiger partial charge in [-0.15, -0.1) is 0 Å². The van der Waals surface area contributed by atoms with Crippen LogP contribution < -0.4 is 10.5 Å². The molecule has 0 saturated heterocycles. The Hall–Kier alpha value is -2.17. The van der Waals surface area contributed by atoms with Crippen molar-refractivity contribution in [1.29, 1.82) is 0 Å². The molecule has 0 bridgehead atoms. The number of halogens is 2. The Morgan fingerprint density at radius 1 is 1.00 bits per heavy atom. The van der Waals surface area contributed by atoms with E-state index < -0.39 is 11.6 Å². The second kappa shape index (κ2) is 4.14. The van der Waals surface area contributed by atoms with Gasteiger partial charge in [-0.3, -0.25) is 4.98 Å². The van der Waals surface area contributed by atoms with Gasteiger partial charge in [0.2, 0.25) is 0 Å². The van der Waals surface area contributed by atoms with Crippen molar-refractivity contribution in [2.45, 2.75) is 0 Å². The number of nitrogens with two attached hydrogens (primary N) is 1. The molecule has 16 heavy (non-hydrogen) atoms. The van der Waals surface area contributed by atoms with Crippen molar-refractivity contribution in [2.75, 3.05) is 5.73 Å². The first-order valence-corrected chi connectivity index (χ1v) is 4.48. The van der Waals surface area contributed by atoms with Crippen LogP contribution in [0, 0.1) is 11.6 Å². The molecule has 0 saturated carbocycles. The van der Waals surface area contributed by atoms with Gasteiger partial charge in [0.15, 0.2) is 11.6 Å². The van der Waals surface area contributed by atoms with Crippen molar-refractivity contribution in [1.82, 2.24) is 4.98 Å². The summed E-state index contributed by atoms with van der Waals surface area (Å²) >= 11 is 0. The third kappa shape index (κ3) is 2.25. The first-order chi connectivity index (χ1) is 7.65. The van der Waals surface area contributed by atoms with E-state index in [1.165, 1.54) is 24.5 Å². The van der Waals surface area contributed by atoms with Crippen LogP contribution in [-0.2, 0) is 0 Å². The fourth-order valence-corrected chi connectivity index (χ4v) is 1.17. The second-order valence-electron chi connectivity index (χ2n) is 3.13. The smallest absolute Gasteiger partial charge is 0.162 e. The number of aromatic nitrogens is 1. The molecule has 1 aromatic heterocycles. The van der Waals surface area contributed by atoms with Gasteiger partial charge in [0.25, 0.3) is 0 Å². The minimum atomic E-state index is -0.964. The molecule has 0 aliphatic rings. The summed E-state index contributed by atoms with van der Waals surface area (Å²) in [6, 6.07) is 4.80. The van der Waals surface area contributed by atoms with Crippen molar-refractivity contribution >= 4 is 5.69 Å². The monoisotopic (exact) mass is 222 g/mol. The quantitative estimate of drug-likeness (QED) is 0.849. The van der Waals surface area contributed by atoms with Gasteiger partial charge < -0.3 is 10.5 Å². The molecule has 2 N–H and O–H groups in total. The molecule has 0 aliphatic heterocycles. The number of nitrogens with zero attached hydrogens (tertiary/aromatic N) is 1. The molecule has 0 atom stereocenters. The van der Waals surface area contributed by atoms with Gasteiger partial charge in [0, 0.05) is 12.1 Å². The Balaban J connectivity index is 2.24.